The molecule has 0 saturated carbocycles. The maximum atomic E-state index is 13.6. The van der Waals surface area contributed by atoms with Gasteiger partial charge in [0.05, 0.1) is 26.0 Å². The third-order valence-corrected chi connectivity index (χ3v) is 5.62. The zero-order valence-electron chi connectivity index (χ0n) is 20.6. The van der Waals surface area contributed by atoms with Gasteiger partial charge in [0.1, 0.15) is 23.9 Å². The van der Waals surface area contributed by atoms with Gasteiger partial charge < -0.3 is 14.4 Å². The molecular formula is C26H32FN3O4. The van der Waals surface area contributed by atoms with Gasteiger partial charge in [0.25, 0.3) is 5.91 Å². The van der Waals surface area contributed by atoms with Crippen molar-refractivity contribution in [3.8, 4) is 11.5 Å². The zero-order valence-corrected chi connectivity index (χ0v) is 20.6. The van der Waals surface area contributed by atoms with Gasteiger partial charge in [-0.05, 0) is 35.2 Å². The fourth-order valence-electron chi connectivity index (χ4n) is 3.84. The molecule has 0 N–H and O–H groups in total. The van der Waals surface area contributed by atoms with Gasteiger partial charge in [-0.2, -0.15) is 5.10 Å². The van der Waals surface area contributed by atoms with Crippen molar-refractivity contribution in [3.05, 3.63) is 59.4 Å². The lowest BCUT2D eigenvalue weighted by Gasteiger charge is -2.26. The first kappa shape index (κ1) is 25.2. The number of halogens is 1. The van der Waals surface area contributed by atoms with Gasteiger partial charge in [-0.15, -0.1) is 0 Å². The van der Waals surface area contributed by atoms with Crippen LogP contribution in [0.25, 0.3) is 0 Å². The van der Waals surface area contributed by atoms with E-state index in [2.05, 4.69) is 5.10 Å². The molecule has 0 fully saturated rings. The first-order valence-corrected chi connectivity index (χ1v) is 11.1. The van der Waals surface area contributed by atoms with Crippen molar-refractivity contribution in [3.63, 3.8) is 0 Å². The lowest BCUT2D eigenvalue weighted by atomic mass is 9.92. The molecule has 0 saturated heterocycles. The van der Waals surface area contributed by atoms with Crippen LogP contribution in [0, 0.1) is 11.2 Å². The molecule has 0 aliphatic carbocycles. The summed E-state index contributed by atoms with van der Waals surface area (Å²) in [4.78, 5) is 27.3. The molecule has 0 bridgehead atoms. The Morgan fingerprint density at radius 1 is 1.12 bits per heavy atom. The number of hydrogen-bond acceptors (Lipinski definition) is 5. The Balaban J connectivity index is 1.91. The highest BCUT2D eigenvalue weighted by Gasteiger charge is 2.35. The van der Waals surface area contributed by atoms with Crippen molar-refractivity contribution in [2.24, 2.45) is 10.5 Å². The quantitative estimate of drug-likeness (QED) is 0.602. The summed E-state index contributed by atoms with van der Waals surface area (Å²) >= 11 is 0. The fraction of sp³-hybridized carbons (Fsp3) is 0.423. The number of hydrogen-bond donors (Lipinski definition) is 0. The summed E-state index contributed by atoms with van der Waals surface area (Å²) in [5, 5.41) is 6.03. The van der Waals surface area contributed by atoms with E-state index in [-0.39, 0.29) is 29.6 Å². The first-order chi connectivity index (χ1) is 16.0. The second-order valence-corrected chi connectivity index (χ2v) is 9.61. The van der Waals surface area contributed by atoms with Crippen LogP contribution in [0.5, 0.6) is 11.5 Å². The molecule has 2 aromatic rings. The summed E-state index contributed by atoms with van der Waals surface area (Å²) in [7, 11) is 4.75. The van der Waals surface area contributed by atoms with Crippen LogP contribution < -0.4 is 9.47 Å². The lowest BCUT2D eigenvalue weighted by Crippen LogP contribution is -2.40. The summed E-state index contributed by atoms with van der Waals surface area (Å²) in [5.41, 5.74) is 1.97. The molecule has 3 rings (SSSR count). The van der Waals surface area contributed by atoms with Crippen molar-refractivity contribution < 1.29 is 23.5 Å². The summed E-state index contributed by atoms with van der Waals surface area (Å²) in [6.45, 7) is 5.82. The van der Waals surface area contributed by atoms with E-state index >= 15 is 0 Å². The smallest absolute Gasteiger partial charge is 0.262 e. The third kappa shape index (κ3) is 5.92. The molecule has 0 radical (unpaired) electrons. The topological polar surface area (TPSA) is 71.4 Å². The number of methoxy groups -OCH3 is 2. The minimum Gasteiger partial charge on any atom is -0.497 e. The van der Waals surface area contributed by atoms with Crippen molar-refractivity contribution in [1.29, 1.82) is 0 Å². The van der Waals surface area contributed by atoms with Gasteiger partial charge in [-0.25, -0.2) is 9.40 Å². The number of benzene rings is 2. The summed E-state index contributed by atoms with van der Waals surface area (Å²) in [5.74, 6) is 0.426. The average Bonchev–Trinajstić information content (AvgIpc) is 3.23. The average molecular weight is 470 g/mol. The molecule has 1 aliphatic heterocycles. The monoisotopic (exact) mass is 469 g/mol. The molecule has 0 spiro atoms. The summed E-state index contributed by atoms with van der Waals surface area (Å²) < 4.78 is 24.4. The standard InChI is InChI=1S/C26H32FN3O4/c1-26(2,3)15-24(31)29(4)16-25(32)30-22(17-7-9-18(27)10-8-17)14-21(28-30)20-12-11-19(33-5)13-23(20)34-6/h7-13,22H,14-16H2,1-6H3/t22-/m0/s1. The number of carbonyl (C=O) groups excluding carboxylic acids is 2. The Hall–Kier alpha value is -3.42. The molecule has 2 aromatic carbocycles. The number of ether oxygens (including phenoxy) is 2. The van der Waals surface area contributed by atoms with Crippen LogP contribution in [0.3, 0.4) is 0 Å². The van der Waals surface area contributed by atoms with E-state index in [4.69, 9.17) is 9.47 Å². The number of rotatable bonds is 7. The fourth-order valence-corrected chi connectivity index (χ4v) is 3.84. The molecule has 34 heavy (non-hydrogen) atoms. The van der Waals surface area contributed by atoms with Crippen molar-refractivity contribution in [2.75, 3.05) is 27.8 Å². The van der Waals surface area contributed by atoms with Crippen molar-refractivity contribution in [2.45, 2.75) is 39.7 Å². The van der Waals surface area contributed by atoms with Crippen LogP contribution in [-0.2, 0) is 9.59 Å². The van der Waals surface area contributed by atoms with E-state index < -0.39 is 6.04 Å². The normalized spacial score (nSPS) is 15.7. The molecule has 182 valence electrons. The van der Waals surface area contributed by atoms with Crippen LogP contribution >= 0.6 is 0 Å². The van der Waals surface area contributed by atoms with Crippen LogP contribution in [0.15, 0.2) is 47.6 Å². The van der Waals surface area contributed by atoms with Crippen LogP contribution in [0.2, 0.25) is 0 Å². The predicted octanol–water partition coefficient (Wildman–Crippen LogP) is 4.42. The van der Waals surface area contributed by atoms with E-state index in [1.165, 1.54) is 22.0 Å². The van der Waals surface area contributed by atoms with Crippen LogP contribution in [0.4, 0.5) is 4.39 Å². The molecule has 1 heterocycles. The number of likely N-dealkylation sites (N-methyl/N-ethyl adjacent to an activating group) is 1. The first-order valence-electron chi connectivity index (χ1n) is 11.1. The summed E-state index contributed by atoms with van der Waals surface area (Å²) in [6, 6.07) is 11.0. The Labute approximate surface area is 200 Å². The molecular weight excluding hydrogens is 437 g/mol. The predicted molar refractivity (Wildman–Crippen MR) is 128 cm³/mol. The second kappa shape index (κ2) is 10.2. The van der Waals surface area contributed by atoms with Crippen LogP contribution in [-0.4, -0.2) is 55.2 Å². The molecule has 7 nitrogen and oxygen atoms in total. The number of carbonyl (C=O) groups is 2. The molecule has 0 unspecified atom stereocenters. The van der Waals surface area contributed by atoms with E-state index in [0.29, 0.717) is 30.1 Å². The van der Waals surface area contributed by atoms with E-state index in [0.717, 1.165) is 11.1 Å². The Kier molecular flexibility index (Phi) is 7.59. The maximum Gasteiger partial charge on any atom is 0.262 e. The Bertz CT molecular complexity index is 1080. The SMILES string of the molecule is COc1ccc(C2=NN(C(=O)CN(C)C(=O)CC(C)(C)C)[C@H](c3ccc(F)cc3)C2)c(OC)c1. The maximum absolute atomic E-state index is 13.6. The van der Waals surface area contributed by atoms with Gasteiger partial charge >= 0.3 is 0 Å². The van der Waals surface area contributed by atoms with Gasteiger partial charge in [0.15, 0.2) is 0 Å². The van der Waals surface area contributed by atoms with E-state index in [1.54, 1.807) is 45.5 Å². The highest BCUT2D eigenvalue weighted by molar-refractivity contribution is 6.05. The highest BCUT2D eigenvalue weighted by atomic mass is 19.1. The third-order valence-electron chi connectivity index (χ3n) is 5.62. The van der Waals surface area contributed by atoms with Gasteiger partial charge in [-0.3, -0.25) is 9.59 Å². The summed E-state index contributed by atoms with van der Waals surface area (Å²) in [6.07, 6.45) is 0.745. The van der Waals surface area contributed by atoms with E-state index in [1.807, 2.05) is 26.8 Å². The van der Waals surface area contributed by atoms with E-state index in [9.17, 15) is 14.0 Å². The minimum absolute atomic E-state index is 0.108. The number of nitrogens with zero attached hydrogens (tertiary/aromatic N) is 3. The van der Waals surface area contributed by atoms with Gasteiger partial charge in [-0.1, -0.05) is 32.9 Å². The highest BCUT2D eigenvalue weighted by Crippen LogP contribution is 2.36. The molecule has 1 aliphatic rings. The van der Waals surface area contributed by atoms with Gasteiger partial charge in [0, 0.05) is 31.5 Å². The van der Waals surface area contributed by atoms with Crippen molar-refractivity contribution in [1.82, 2.24) is 9.91 Å². The zero-order chi connectivity index (χ0) is 25.0. The Morgan fingerprint density at radius 2 is 1.79 bits per heavy atom. The van der Waals surface area contributed by atoms with Crippen molar-refractivity contribution >= 4 is 17.5 Å². The van der Waals surface area contributed by atoms with Gasteiger partial charge in [0.2, 0.25) is 5.91 Å². The molecule has 0 aromatic heterocycles. The second-order valence-electron chi connectivity index (χ2n) is 9.61. The lowest BCUT2D eigenvalue weighted by molar-refractivity contribution is -0.141. The molecule has 2 amide bonds. The molecule has 1 atom stereocenters. The molecule has 8 heteroatoms. The Morgan fingerprint density at radius 3 is 2.38 bits per heavy atom. The van der Waals surface area contributed by atoms with Crippen LogP contribution in [0.1, 0.15) is 50.8 Å². The largest absolute Gasteiger partial charge is 0.497 e. The number of hydrazone groups is 1. The number of amides is 2. The minimum atomic E-state index is -0.430.